The second-order valence-electron chi connectivity index (χ2n) is 9.05. The quantitative estimate of drug-likeness (QED) is 0.208. The normalized spacial score (nSPS) is 11.6. The molecule has 0 fully saturated rings. The number of benzene rings is 7. The van der Waals surface area contributed by atoms with E-state index in [9.17, 15) is 0 Å². The Balaban J connectivity index is 1.70. The van der Waals surface area contributed by atoms with Gasteiger partial charge in [0.15, 0.2) is 0 Å². The summed E-state index contributed by atoms with van der Waals surface area (Å²) in [5, 5.41) is 7.77. The molecule has 7 aromatic rings. The molecule has 0 atom stereocenters. The monoisotopic (exact) mass is 508 g/mol. The standard InChI is InChI=1S/C34H21Br/c35-32-21-31-30(24-14-8-3-9-15-24)20-29(23-12-6-2-7-13-23)27-18-17-26-25(22-10-4-1-5-11-22)16-19-28(32)33(26)34(27)31/h1-21H. The van der Waals surface area contributed by atoms with Gasteiger partial charge < -0.3 is 0 Å². The predicted molar refractivity (Wildman–Crippen MR) is 154 cm³/mol. The first-order valence-corrected chi connectivity index (χ1v) is 12.7. The van der Waals surface area contributed by atoms with Gasteiger partial charge in [-0.15, -0.1) is 0 Å². The number of hydrogen-bond acceptors (Lipinski definition) is 0. The number of rotatable bonds is 3. The smallest absolute Gasteiger partial charge is 0.0260 e. The van der Waals surface area contributed by atoms with E-state index in [0.717, 1.165) is 4.47 Å². The van der Waals surface area contributed by atoms with Crippen molar-refractivity contribution in [3.05, 3.63) is 132 Å². The molecule has 0 N–H and O–H groups in total. The predicted octanol–water partition coefficient (Wildman–Crippen LogP) is 10.3. The Morgan fingerprint density at radius 3 is 1.34 bits per heavy atom. The van der Waals surface area contributed by atoms with Crippen LogP contribution >= 0.6 is 15.9 Å². The average Bonchev–Trinajstić information content (AvgIpc) is 2.93. The van der Waals surface area contributed by atoms with Crippen molar-refractivity contribution in [3.8, 4) is 33.4 Å². The lowest BCUT2D eigenvalue weighted by Gasteiger charge is -2.20. The Bertz CT molecular complexity index is 1820. The van der Waals surface area contributed by atoms with Gasteiger partial charge in [-0.3, -0.25) is 0 Å². The molecule has 0 bridgehead atoms. The zero-order valence-corrected chi connectivity index (χ0v) is 20.6. The Kier molecular flexibility index (Phi) is 4.72. The summed E-state index contributed by atoms with van der Waals surface area (Å²) in [4.78, 5) is 0. The van der Waals surface area contributed by atoms with Gasteiger partial charge in [0.1, 0.15) is 0 Å². The van der Waals surface area contributed by atoms with Gasteiger partial charge in [-0.05, 0) is 77.8 Å². The summed E-state index contributed by atoms with van der Waals surface area (Å²) in [6.45, 7) is 0. The van der Waals surface area contributed by atoms with Crippen molar-refractivity contribution < 1.29 is 0 Å². The highest BCUT2D eigenvalue weighted by molar-refractivity contribution is 9.10. The summed E-state index contributed by atoms with van der Waals surface area (Å²) < 4.78 is 1.13. The Hall–Kier alpha value is -3.94. The summed E-state index contributed by atoms with van der Waals surface area (Å²) in [7, 11) is 0. The maximum absolute atomic E-state index is 3.93. The van der Waals surface area contributed by atoms with Crippen molar-refractivity contribution in [3.63, 3.8) is 0 Å². The third-order valence-corrected chi connectivity index (χ3v) is 7.76. The molecule has 7 rings (SSSR count). The lowest BCUT2D eigenvalue weighted by molar-refractivity contribution is 1.63. The Morgan fingerprint density at radius 2 is 0.771 bits per heavy atom. The first-order valence-electron chi connectivity index (χ1n) is 11.9. The molecule has 0 aliphatic carbocycles. The molecule has 0 saturated carbocycles. The topological polar surface area (TPSA) is 0 Å². The van der Waals surface area contributed by atoms with E-state index >= 15 is 0 Å². The van der Waals surface area contributed by atoms with Crippen molar-refractivity contribution in [2.24, 2.45) is 0 Å². The maximum Gasteiger partial charge on any atom is 0.0260 e. The molecule has 0 aliphatic rings. The van der Waals surface area contributed by atoms with Crippen LogP contribution in [-0.2, 0) is 0 Å². The van der Waals surface area contributed by atoms with Gasteiger partial charge in [0, 0.05) is 4.47 Å². The molecule has 0 spiro atoms. The lowest BCUT2D eigenvalue weighted by Crippen LogP contribution is -1.93. The molecule has 0 amide bonds. The molecule has 0 aromatic heterocycles. The van der Waals surface area contributed by atoms with Crippen LogP contribution in [0.5, 0.6) is 0 Å². The van der Waals surface area contributed by atoms with Gasteiger partial charge >= 0.3 is 0 Å². The minimum atomic E-state index is 1.13. The van der Waals surface area contributed by atoms with Crippen LogP contribution in [0, 0.1) is 0 Å². The van der Waals surface area contributed by atoms with E-state index < -0.39 is 0 Å². The van der Waals surface area contributed by atoms with Gasteiger partial charge in [-0.2, -0.15) is 0 Å². The molecule has 0 aliphatic heterocycles. The van der Waals surface area contributed by atoms with Crippen LogP contribution in [0.4, 0.5) is 0 Å². The molecular formula is C34H21Br. The SMILES string of the molecule is Brc1cc2c(-c3ccccc3)cc(-c3ccccc3)c3ccc4c(-c5ccccc5)ccc1c4c32. The van der Waals surface area contributed by atoms with E-state index in [0.29, 0.717) is 0 Å². The summed E-state index contributed by atoms with van der Waals surface area (Å²) in [6, 6.07) is 46.1. The second-order valence-corrected chi connectivity index (χ2v) is 9.90. The highest BCUT2D eigenvalue weighted by Crippen LogP contribution is 2.47. The summed E-state index contributed by atoms with van der Waals surface area (Å²) in [5.41, 5.74) is 7.52. The highest BCUT2D eigenvalue weighted by atomic mass is 79.9. The van der Waals surface area contributed by atoms with Crippen molar-refractivity contribution >= 4 is 48.2 Å². The summed E-state index contributed by atoms with van der Waals surface area (Å²) >= 11 is 3.93. The van der Waals surface area contributed by atoms with Crippen LogP contribution in [0.3, 0.4) is 0 Å². The van der Waals surface area contributed by atoms with Crippen molar-refractivity contribution in [1.82, 2.24) is 0 Å². The fourth-order valence-electron chi connectivity index (χ4n) is 5.52. The Morgan fingerprint density at radius 1 is 0.343 bits per heavy atom. The Labute approximate surface area is 212 Å². The summed E-state index contributed by atoms with van der Waals surface area (Å²) in [6.07, 6.45) is 0. The minimum absolute atomic E-state index is 1.13. The van der Waals surface area contributed by atoms with E-state index in [4.69, 9.17) is 0 Å². The van der Waals surface area contributed by atoms with Gasteiger partial charge in [-0.25, -0.2) is 0 Å². The second kappa shape index (κ2) is 8.08. The van der Waals surface area contributed by atoms with Crippen LogP contribution < -0.4 is 0 Å². The van der Waals surface area contributed by atoms with Crippen LogP contribution in [0.1, 0.15) is 0 Å². The molecule has 1 heteroatoms. The molecule has 35 heavy (non-hydrogen) atoms. The summed E-state index contributed by atoms with van der Waals surface area (Å²) in [5.74, 6) is 0. The van der Waals surface area contributed by atoms with Crippen molar-refractivity contribution in [2.45, 2.75) is 0 Å². The molecule has 0 saturated heterocycles. The largest absolute Gasteiger partial charge is 0.0622 e. The van der Waals surface area contributed by atoms with Gasteiger partial charge in [0.05, 0.1) is 0 Å². The third kappa shape index (κ3) is 3.20. The molecule has 0 unspecified atom stereocenters. The molecule has 164 valence electrons. The van der Waals surface area contributed by atoms with Gasteiger partial charge in [0.2, 0.25) is 0 Å². The van der Waals surface area contributed by atoms with Crippen molar-refractivity contribution in [2.75, 3.05) is 0 Å². The molecule has 0 radical (unpaired) electrons. The van der Waals surface area contributed by atoms with E-state index in [-0.39, 0.29) is 0 Å². The van der Waals surface area contributed by atoms with Gasteiger partial charge in [-0.1, -0.05) is 131 Å². The first-order chi connectivity index (χ1) is 17.3. The van der Waals surface area contributed by atoms with E-state index in [2.05, 4.69) is 143 Å². The zero-order valence-electron chi connectivity index (χ0n) is 19.0. The van der Waals surface area contributed by atoms with Crippen LogP contribution in [0.2, 0.25) is 0 Å². The fraction of sp³-hybridized carbons (Fsp3) is 0. The average molecular weight is 509 g/mol. The molecule has 0 heterocycles. The van der Waals surface area contributed by atoms with Gasteiger partial charge in [0.25, 0.3) is 0 Å². The number of hydrogen-bond donors (Lipinski definition) is 0. The van der Waals surface area contributed by atoms with E-state index in [1.807, 2.05) is 0 Å². The van der Waals surface area contributed by atoms with Crippen LogP contribution in [-0.4, -0.2) is 0 Å². The maximum atomic E-state index is 3.93. The van der Waals surface area contributed by atoms with Crippen LogP contribution in [0.15, 0.2) is 132 Å². The minimum Gasteiger partial charge on any atom is -0.0622 e. The lowest BCUT2D eigenvalue weighted by atomic mass is 9.84. The zero-order chi connectivity index (χ0) is 23.4. The first kappa shape index (κ1) is 20.4. The molecule has 0 nitrogen and oxygen atoms in total. The number of halogens is 1. The third-order valence-electron chi connectivity index (χ3n) is 7.10. The molecule has 7 aromatic carbocycles. The fourth-order valence-corrected chi connectivity index (χ4v) is 6.08. The van der Waals surface area contributed by atoms with E-state index in [1.54, 1.807) is 0 Å². The highest BCUT2D eigenvalue weighted by Gasteiger charge is 2.19. The van der Waals surface area contributed by atoms with Crippen molar-refractivity contribution in [1.29, 1.82) is 0 Å². The van der Waals surface area contributed by atoms with E-state index in [1.165, 1.54) is 65.7 Å². The van der Waals surface area contributed by atoms with Crippen LogP contribution in [0.25, 0.3) is 65.7 Å². The molecular weight excluding hydrogens is 488 g/mol.